The highest BCUT2D eigenvalue weighted by molar-refractivity contribution is 5.85. The van der Waals surface area contributed by atoms with Gasteiger partial charge in [-0.3, -0.25) is 0 Å². The van der Waals surface area contributed by atoms with Crippen molar-refractivity contribution in [1.82, 2.24) is 5.32 Å². The number of aryl methyl sites for hydroxylation is 1. The third kappa shape index (κ3) is 4.65. The number of nitrogens with one attached hydrogen (secondary N) is 1. The van der Waals surface area contributed by atoms with Gasteiger partial charge >= 0.3 is 0 Å². The molecule has 1 atom stereocenters. The molecular weight excluding hydrogens is 210 g/mol. The highest BCUT2D eigenvalue weighted by atomic mass is 35.5. The molecular formula is C12H20ClNO. The van der Waals surface area contributed by atoms with Crippen LogP contribution in [0.15, 0.2) is 24.3 Å². The highest BCUT2D eigenvalue weighted by Gasteiger charge is 2.03. The van der Waals surface area contributed by atoms with Crippen LogP contribution in [-0.2, 0) is 6.54 Å². The molecule has 0 aliphatic heterocycles. The van der Waals surface area contributed by atoms with Crippen molar-refractivity contribution in [3.8, 4) is 0 Å². The van der Waals surface area contributed by atoms with Gasteiger partial charge in [0, 0.05) is 12.6 Å². The fraction of sp³-hybridized carbons (Fsp3) is 0.500. The molecule has 0 bridgehead atoms. The molecule has 15 heavy (non-hydrogen) atoms. The Morgan fingerprint density at radius 2 is 2.00 bits per heavy atom. The van der Waals surface area contributed by atoms with Crippen LogP contribution in [0.3, 0.4) is 0 Å². The quantitative estimate of drug-likeness (QED) is 0.812. The normalized spacial score (nSPS) is 11.9. The van der Waals surface area contributed by atoms with Crippen molar-refractivity contribution in [2.75, 3.05) is 6.61 Å². The van der Waals surface area contributed by atoms with Gasteiger partial charge in [0.15, 0.2) is 0 Å². The summed E-state index contributed by atoms with van der Waals surface area (Å²) in [5, 5.41) is 12.3. The maximum absolute atomic E-state index is 9.01. The Kier molecular flexibility index (Phi) is 7.39. The lowest BCUT2D eigenvalue weighted by Gasteiger charge is -2.14. The van der Waals surface area contributed by atoms with E-state index in [0.717, 1.165) is 13.0 Å². The Morgan fingerprint density at radius 3 is 2.53 bits per heavy atom. The van der Waals surface area contributed by atoms with Crippen LogP contribution in [0.4, 0.5) is 0 Å². The third-order valence-corrected chi connectivity index (χ3v) is 2.56. The molecule has 1 rings (SSSR count). The van der Waals surface area contributed by atoms with Crippen LogP contribution in [0.1, 0.15) is 24.5 Å². The summed E-state index contributed by atoms with van der Waals surface area (Å²) in [6.45, 7) is 5.23. The van der Waals surface area contributed by atoms with E-state index in [0.29, 0.717) is 0 Å². The van der Waals surface area contributed by atoms with Crippen LogP contribution in [0.25, 0.3) is 0 Å². The van der Waals surface area contributed by atoms with Gasteiger partial charge in [-0.05, 0) is 24.5 Å². The molecule has 0 heterocycles. The minimum atomic E-state index is 0. The largest absolute Gasteiger partial charge is 0.395 e. The van der Waals surface area contributed by atoms with Gasteiger partial charge in [0.05, 0.1) is 6.61 Å². The number of aliphatic hydroxyl groups is 1. The number of hydrogen-bond donors (Lipinski definition) is 2. The van der Waals surface area contributed by atoms with Gasteiger partial charge in [-0.1, -0.05) is 31.2 Å². The van der Waals surface area contributed by atoms with Gasteiger partial charge in [-0.25, -0.2) is 0 Å². The first kappa shape index (κ1) is 14.4. The zero-order valence-electron chi connectivity index (χ0n) is 9.36. The fourth-order valence-corrected chi connectivity index (χ4v) is 1.40. The molecule has 86 valence electrons. The van der Waals surface area contributed by atoms with Crippen molar-refractivity contribution >= 4 is 12.4 Å². The molecule has 2 N–H and O–H groups in total. The van der Waals surface area contributed by atoms with Crippen LogP contribution in [0.5, 0.6) is 0 Å². The second-order valence-corrected chi connectivity index (χ2v) is 3.60. The summed E-state index contributed by atoms with van der Waals surface area (Å²) >= 11 is 0. The molecule has 1 aromatic rings. The van der Waals surface area contributed by atoms with Gasteiger partial charge in [0.1, 0.15) is 0 Å². The number of benzene rings is 1. The molecule has 0 aliphatic carbocycles. The Balaban J connectivity index is 0.00000196. The summed E-state index contributed by atoms with van der Waals surface area (Å²) < 4.78 is 0. The second kappa shape index (κ2) is 7.69. The second-order valence-electron chi connectivity index (χ2n) is 3.60. The van der Waals surface area contributed by atoms with E-state index in [2.05, 4.69) is 31.3 Å². The lowest BCUT2D eigenvalue weighted by Crippen LogP contribution is -2.31. The van der Waals surface area contributed by atoms with Crippen molar-refractivity contribution in [3.05, 3.63) is 35.4 Å². The van der Waals surface area contributed by atoms with Crippen LogP contribution >= 0.6 is 12.4 Å². The van der Waals surface area contributed by atoms with Crippen molar-refractivity contribution in [1.29, 1.82) is 0 Å². The summed E-state index contributed by atoms with van der Waals surface area (Å²) in [6, 6.07) is 8.53. The van der Waals surface area contributed by atoms with E-state index in [-0.39, 0.29) is 25.1 Å². The Morgan fingerprint density at radius 1 is 1.33 bits per heavy atom. The first-order chi connectivity index (χ1) is 6.77. The maximum atomic E-state index is 9.01. The monoisotopic (exact) mass is 229 g/mol. The molecule has 3 heteroatoms. The number of halogens is 1. The lowest BCUT2D eigenvalue weighted by molar-refractivity contribution is 0.238. The molecule has 0 saturated carbocycles. The topological polar surface area (TPSA) is 32.3 Å². The molecule has 0 fully saturated rings. The first-order valence-corrected chi connectivity index (χ1v) is 5.16. The van der Waals surface area contributed by atoms with Gasteiger partial charge in [0.25, 0.3) is 0 Å². The van der Waals surface area contributed by atoms with Crippen molar-refractivity contribution < 1.29 is 5.11 Å². The molecule has 0 radical (unpaired) electrons. The third-order valence-electron chi connectivity index (χ3n) is 2.56. The number of aliphatic hydroxyl groups excluding tert-OH is 1. The van der Waals surface area contributed by atoms with Gasteiger partial charge in [-0.2, -0.15) is 0 Å². The standard InChI is InChI=1S/C12H19NO.ClH/c1-3-12(9-14)13-8-11-7-5-4-6-10(11)2;/h4-7,12-14H,3,8-9H2,1-2H3;1H. The molecule has 1 unspecified atom stereocenters. The average molecular weight is 230 g/mol. The lowest BCUT2D eigenvalue weighted by atomic mass is 10.1. The van der Waals surface area contributed by atoms with Crippen molar-refractivity contribution in [3.63, 3.8) is 0 Å². The molecule has 2 nitrogen and oxygen atoms in total. The minimum absolute atomic E-state index is 0. The average Bonchev–Trinajstić information content (AvgIpc) is 2.22. The Hall–Kier alpha value is -0.570. The van der Waals surface area contributed by atoms with E-state index >= 15 is 0 Å². The predicted molar refractivity (Wildman–Crippen MR) is 66.4 cm³/mol. The van der Waals surface area contributed by atoms with E-state index in [1.807, 2.05) is 12.1 Å². The molecule has 0 spiro atoms. The molecule has 0 saturated heterocycles. The molecule has 0 amide bonds. The van der Waals surface area contributed by atoms with Crippen molar-refractivity contribution in [2.45, 2.75) is 32.9 Å². The summed E-state index contributed by atoms with van der Waals surface area (Å²) in [5.41, 5.74) is 2.60. The summed E-state index contributed by atoms with van der Waals surface area (Å²) in [7, 11) is 0. The van der Waals surface area contributed by atoms with Gasteiger partial charge in [0.2, 0.25) is 0 Å². The Labute approximate surface area is 98.1 Å². The number of hydrogen-bond acceptors (Lipinski definition) is 2. The molecule has 0 aliphatic rings. The van der Waals surface area contributed by atoms with E-state index in [1.54, 1.807) is 0 Å². The van der Waals surface area contributed by atoms with Crippen molar-refractivity contribution in [2.24, 2.45) is 0 Å². The zero-order chi connectivity index (χ0) is 10.4. The highest BCUT2D eigenvalue weighted by Crippen LogP contribution is 2.06. The number of rotatable bonds is 5. The van der Waals surface area contributed by atoms with Gasteiger partial charge in [-0.15, -0.1) is 12.4 Å². The summed E-state index contributed by atoms with van der Waals surface area (Å²) in [5.74, 6) is 0. The Bertz CT molecular complexity index is 274. The summed E-state index contributed by atoms with van der Waals surface area (Å²) in [6.07, 6.45) is 0.961. The van der Waals surface area contributed by atoms with E-state index in [4.69, 9.17) is 5.11 Å². The maximum Gasteiger partial charge on any atom is 0.0584 e. The van der Waals surface area contributed by atoms with E-state index in [9.17, 15) is 0 Å². The first-order valence-electron chi connectivity index (χ1n) is 5.16. The van der Waals surface area contributed by atoms with E-state index in [1.165, 1.54) is 11.1 Å². The van der Waals surface area contributed by atoms with Crippen LogP contribution in [0, 0.1) is 6.92 Å². The summed E-state index contributed by atoms with van der Waals surface area (Å²) in [4.78, 5) is 0. The fourth-order valence-electron chi connectivity index (χ4n) is 1.40. The smallest absolute Gasteiger partial charge is 0.0584 e. The van der Waals surface area contributed by atoms with E-state index < -0.39 is 0 Å². The zero-order valence-corrected chi connectivity index (χ0v) is 10.2. The predicted octanol–water partition coefficient (Wildman–Crippen LogP) is 2.28. The van der Waals surface area contributed by atoms with Crippen LogP contribution in [-0.4, -0.2) is 17.8 Å². The van der Waals surface area contributed by atoms with Crippen LogP contribution < -0.4 is 5.32 Å². The molecule has 0 aromatic heterocycles. The minimum Gasteiger partial charge on any atom is -0.395 e. The van der Waals surface area contributed by atoms with Gasteiger partial charge < -0.3 is 10.4 Å². The van der Waals surface area contributed by atoms with Crippen LogP contribution in [0.2, 0.25) is 0 Å². The molecule has 1 aromatic carbocycles. The SMILES string of the molecule is CCC(CO)NCc1ccccc1C.Cl.